The molecular formula is C12H14N2O3. The van der Waals surface area contributed by atoms with Gasteiger partial charge in [0.05, 0.1) is 6.10 Å². The lowest BCUT2D eigenvalue weighted by atomic mass is 10.2. The number of hydrogen-bond acceptors (Lipinski definition) is 4. The quantitative estimate of drug-likeness (QED) is 0.694. The summed E-state index contributed by atoms with van der Waals surface area (Å²) in [6, 6.07) is 6.80. The molecule has 1 heterocycles. The van der Waals surface area contributed by atoms with Gasteiger partial charge in [-0.15, -0.1) is 0 Å². The van der Waals surface area contributed by atoms with Gasteiger partial charge in [0.25, 0.3) is 5.91 Å². The second-order valence-corrected chi connectivity index (χ2v) is 3.97. The summed E-state index contributed by atoms with van der Waals surface area (Å²) in [5.74, 6) is -0.132. The van der Waals surface area contributed by atoms with Crippen LogP contribution in [-0.4, -0.2) is 23.7 Å². The van der Waals surface area contributed by atoms with E-state index in [2.05, 4.69) is 5.32 Å². The SMILES string of the molecule is CC(O)CNC(=O)c1cc2cc(N)ccc2o1. The van der Waals surface area contributed by atoms with E-state index in [-0.39, 0.29) is 18.2 Å². The van der Waals surface area contributed by atoms with E-state index < -0.39 is 6.10 Å². The third-order valence-electron chi connectivity index (χ3n) is 2.32. The molecule has 5 nitrogen and oxygen atoms in total. The van der Waals surface area contributed by atoms with Gasteiger partial charge in [-0.3, -0.25) is 4.79 Å². The molecule has 0 aliphatic heterocycles. The van der Waals surface area contributed by atoms with Crippen molar-refractivity contribution in [3.8, 4) is 0 Å². The Hall–Kier alpha value is -2.01. The van der Waals surface area contributed by atoms with Crippen molar-refractivity contribution >= 4 is 22.6 Å². The Morgan fingerprint density at radius 1 is 1.53 bits per heavy atom. The lowest BCUT2D eigenvalue weighted by Crippen LogP contribution is -2.30. The number of fused-ring (bicyclic) bond motifs is 1. The lowest BCUT2D eigenvalue weighted by molar-refractivity contribution is 0.0899. The van der Waals surface area contributed by atoms with Crippen LogP contribution >= 0.6 is 0 Å². The summed E-state index contributed by atoms with van der Waals surface area (Å²) in [4.78, 5) is 11.7. The molecule has 0 saturated carbocycles. The number of furan rings is 1. The Labute approximate surface area is 98.2 Å². The fraction of sp³-hybridized carbons (Fsp3) is 0.250. The van der Waals surface area contributed by atoms with Gasteiger partial charge in [0.2, 0.25) is 0 Å². The number of carbonyl (C=O) groups is 1. The van der Waals surface area contributed by atoms with E-state index in [1.807, 2.05) is 0 Å². The fourth-order valence-electron chi connectivity index (χ4n) is 1.50. The van der Waals surface area contributed by atoms with Crippen molar-refractivity contribution in [2.75, 3.05) is 12.3 Å². The van der Waals surface area contributed by atoms with Crippen LogP contribution in [-0.2, 0) is 0 Å². The van der Waals surface area contributed by atoms with E-state index in [1.54, 1.807) is 31.2 Å². The number of anilines is 1. The first-order valence-electron chi connectivity index (χ1n) is 5.31. The average Bonchev–Trinajstić information content (AvgIpc) is 2.68. The van der Waals surface area contributed by atoms with Crippen molar-refractivity contribution < 1.29 is 14.3 Å². The third kappa shape index (κ3) is 2.57. The number of aliphatic hydroxyl groups is 1. The zero-order chi connectivity index (χ0) is 12.4. The highest BCUT2D eigenvalue weighted by molar-refractivity contribution is 5.96. The van der Waals surface area contributed by atoms with Gasteiger partial charge >= 0.3 is 0 Å². The number of hydrogen-bond donors (Lipinski definition) is 3. The summed E-state index contributed by atoms with van der Waals surface area (Å²) in [6.07, 6.45) is -0.584. The Kier molecular flexibility index (Phi) is 3.01. The minimum atomic E-state index is -0.584. The molecule has 1 unspecified atom stereocenters. The van der Waals surface area contributed by atoms with Crippen molar-refractivity contribution in [3.63, 3.8) is 0 Å². The second kappa shape index (κ2) is 4.47. The smallest absolute Gasteiger partial charge is 0.287 e. The zero-order valence-corrected chi connectivity index (χ0v) is 9.43. The van der Waals surface area contributed by atoms with Gasteiger partial charge in [-0.2, -0.15) is 0 Å². The molecule has 0 radical (unpaired) electrons. The predicted molar refractivity (Wildman–Crippen MR) is 64.6 cm³/mol. The summed E-state index contributed by atoms with van der Waals surface area (Å²) in [5.41, 5.74) is 6.86. The number of carbonyl (C=O) groups excluding carboxylic acids is 1. The number of aliphatic hydroxyl groups excluding tert-OH is 1. The van der Waals surface area contributed by atoms with Crippen LogP contribution in [0.3, 0.4) is 0 Å². The normalized spacial score (nSPS) is 12.6. The number of nitrogens with two attached hydrogens (primary N) is 1. The van der Waals surface area contributed by atoms with Gasteiger partial charge in [0.1, 0.15) is 5.58 Å². The van der Waals surface area contributed by atoms with Crippen molar-refractivity contribution in [2.24, 2.45) is 0 Å². The van der Waals surface area contributed by atoms with Crippen LogP contribution in [0.1, 0.15) is 17.5 Å². The van der Waals surface area contributed by atoms with E-state index >= 15 is 0 Å². The Morgan fingerprint density at radius 2 is 2.29 bits per heavy atom. The van der Waals surface area contributed by atoms with E-state index in [0.717, 1.165) is 5.39 Å². The van der Waals surface area contributed by atoms with Crippen molar-refractivity contribution in [2.45, 2.75) is 13.0 Å². The van der Waals surface area contributed by atoms with Crippen LogP contribution in [0.2, 0.25) is 0 Å². The molecule has 1 aromatic carbocycles. The van der Waals surface area contributed by atoms with E-state index in [4.69, 9.17) is 15.3 Å². The molecule has 5 heteroatoms. The molecule has 4 N–H and O–H groups in total. The van der Waals surface area contributed by atoms with E-state index in [1.165, 1.54) is 0 Å². The minimum absolute atomic E-state index is 0.192. The Morgan fingerprint density at radius 3 is 3.00 bits per heavy atom. The number of nitrogens with one attached hydrogen (secondary N) is 1. The first-order valence-corrected chi connectivity index (χ1v) is 5.31. The van der Waals surface area contributed by atoms with Gasteiger partial charge in [-0.05, 0) is 31.2 Å². The molecule has 1 amide bonds. The highest BCUT2D eigenvalue weighted by Crippen LogP contribution is 2.21. The standard InChI is InChI=1S/C12H14N2O3/c1-7(15)6-14-12(16)11-5-8-4-9(13)2-3-10(8)17-11/h2-5,7,15H,6,13H2,1H3,(H,14,16). The van der Waals surface area contributed by atoms with Crippen LogP contribution in [0.15, 0.2) is 28.7 Å². The monoisotopic (exact) mass is 234 g/mol. The average molecular weight is 234 g/mol. The second-order valence-electron chi connectivity index (χ2n) is 3.97. The highest BCUT2D eigenvalue weighted by atomic mass is 16.3. The van der Waals surface area contributed by atoms with Crippen LogP contribution in [0.25, 0.3) is 11.0 Å². The van der Waals surface area contributed by atoms with Gasteiger partial charge in [0, 0.05) is 17.6 Å². The van der Waals surface area contributed by atoms with Gasteiger partial charge in [-0.25, -0.2) is 0 Å². The van der Waals surface area contributed by atoms with Crippen LogP contribution in [0.5, 0.6) is 0 Å². The van der Waals surface area contributed by atoms with Crippen molar-refractivity contribution in [3.05, 3.63) is 30.0 Å². The number of benzene rings is 1. The number of rotatable bonds is 3. The molecule has 0 bridgehead atoms. The van der Waals surface area contributed by atoms with E-state index in [9.17, 15) is 4.79 Å². The lowest BCUT2D eigenvalue weighted by Gasteiger charge is -2.04. The Bertz CT molecular complexity index is 546. The zero-order valence-electron chi connectivity index (χ0n) is 9.43. The molecule has 17 heavy (non-hydrogen) atoms. The summed E-state index contributed by atoms with van der Waals surface area (Å²) in [6.45, 7) is 1.79. The molecule has 0 fully saturated rings. The van der Waals surface area contributed by atoms with Gasteiger partial charge < -0.3 is 20.6 Å². The van der Waals surface area contributed by atoms with Crippen molar-refractivity contribution in [1.29, 1.82) is 0 Å². The molecule has 0 aliphatic rings. The van der Waals surface area contributed by atoms with Gasteiger partial charge in [0.15, 0.2) is 5.76 Å². The van der Waals surface area contributed by atoms with Crippen LogP contribution in [0, 0.1) is 0 Å². The maximum atomic E-state index is 11.7. The maximum Gasteiger partial charge on any atom is 0.287 e. The van der Waals surface area contributed by atoms with Gasteiger partial charge in [-0.1, -0.05) is 0 Å². The number of nitrogen functional groups attached to an aromatic ring is 1. The van der Waals surface area contributed by atoms with Crippen LogP contribution < -0.4 is 11.1 Å². The molecule has 90 valence electrons. The highest BCUT2D eigenvalue weighted by Gasteiger charge is 2.12. The van der Waals surface area contributed by atoms with Crippen LogP contribution in [0.4, 0.5) is 5.69 Å². The molecule has 2 rings (SSSR count). The fourth-order valence-corrected chi connectivity index (χ4v) is 1.50. The number of amides is 1. The topological polar surface area (TPSA) is 88.5 Å². The maximum absolute atomic E-state index is 11.7. The molecule has 2 aromatic rings. The molecular weight excluding hydrogens is 220 g/mol. The summed E-state index contributed by atoms with van der Waals surface area (Å²) in [7, 11) is 0. The van der Waals surface area contributed by atoms with Crippen molar-refractivity contribution in [1.82, 2.24) is 5.32 Å². The predicted octanol–water partition coefficient (Wildman–Crippen LogP) is 1.13. The molecule has 0 aliphatic carbocycles. The molecule has 0 spiro atoms. The largest absolute Gasteiger partial charge is 0.451 e. The molecule has 0 saturated heterocycles. The summed E-state index contributed by atoms with van der Waals surface area (Å²) >= 11 is 0. The summed E-state index contributed by atoms with van der Waals surface area (Å²) in [5, 5.41) is 12.4. The molecule has 1 atom stereocenters. The molecule has 1 aromatic heterocycles. The first kappa shape index (κ1) is 11.5. The third-order valence-corrected chi connectivity index (χ3v) is 2.32. The van der Waals surface area contributed by atoms with E-state index in [0.29, 0.717) is 11.3 Å². The summed E-state index contributed by atoms with van der Waals surface area (Å²) < 4.78 is 5.37. The Balaban J connectivity index is 2.21. The minimum Gasteiger partial charge on any atom is -0.451 e. The first-order chi connectivity index (χ1) is 8.06.